The number of benzene rings is 1. The van der Waals surface area contributed by atoms with Crippen molar-refractivity contribution < 1.29 is 9.50 Å². The maximum atomic E-state index is 12.6. The van der Waals surface area contributed by atoms with E-state index in [4.69, 9.17) is 23.2 Å². The monoisotopic (exact) mass is 222 g/mol. The van der Waals surface area contributed by atoms with Gasteiger partial charge in [0.15, 0.2) is 0 Å². The fourth-order valence-electron chi connectivity index (χ4n) is 0.996. The largest absolute Gasteiger partial charge is 0.392 e. The number of aliphatic hydroxyl groups excluding tert-OH is 1. The lowest BCUT2D eigenvalue weighted by atomic mass is 10.1. The molecule has 1 unspecified atom stereocenters. The van der Waals surface area contributed by atoms with Crippen molar-refractivity contribution in [3.8, 4) is 0 Å². The number of rotatable bonds is 3. The minimum atomic E-state index is -0.635. The normalized spacial score (nSPS) is 12.9. The van der Waals surface area contributed by atoms with E-state index in [1.807, 2.05) is 0 Å². The molecule has 0 aliphatic carbocycles. The van der Waals surface area contributed by atoms with E-state index in [9.17, 15) is 9.50 Å². The third kappa shape index (κ3) is 3.14. The zero-order valence-electron chi connectivity index (χ0n) is 6.80. The van der Waals surface area contributed by atoms with Gasteiger partial charge in [-0.15, -0.1) is 11.6 Å². The Kier molecular flexibility index (Phi) is 3.97. The molecule has 0 saturated heterocycles. The second-order valence-electron chi connectivity index (χ2n) is 2.75. The molecule has 1 atom stereocenters. The number of aliphatic hydroxyl groups is 1. The van der Waals surface area contributed by atoms with Crippen molar-refractivity contribution in [2.24, 2.45) is 0 Å². The Morgan fingerprint density at radius 1 is 1.46 bits per heavy atom. The fourth-order valence-corrected chi connectivity index (χ4v) is 1.35. The van der Waals surface area contributed by atoms with E-state index in [2.05, 4.69) is 0 Å². The van der Waals surface area contributed by atoms with Crippen LogP contribution in [0.5, 0.6) is 0 Å². The first kappa shape index (κ1) is 10.8. The van der Waals surface area contributed by atoms with E-state index in [1.165, 1.54) is 12.1 Å². The highest BCUT2D eigenvalue weighted by atomic mass is 35.5. The van der Waals surface area contributed by atoms with E-state index < -0.39 is 6.10 Å². The second kappa shape index (κ2) is 4.80. The van der Waals surface area contributed by atoms with Crippen LogP contribution in [0.25, 0.3) is 0 Å². The van der Waals surface area contributed by atoms with E-state index in [0.717, 1.165) is 0 Å². The maximum Gasteiger partial charge on any atom is 0.124 e. The van der Waals surface area contributed by atoms with Crippen LogP contribution in [0.15, 0.2) is 18.2 Å². The molecule has 0 aliphatic heterocycles. The molecule has 0 radical (unpaired) electrons. The molecule has 4 heteroatoms. The molecule has 1 aromatic carbocycles. The van der Waals surface area contributed by atoms with Crippen LogP contribution >= 0.6 is 23.2 Å². The third-order valence-electron chi connectivity index (χ3n) is 1.65. The van der Waals surface area contributed by atoms with Gasteiger partial charge in [-0.2, -0.15) is 0 Å². The Morgan fingerprint density at radius 3 is 2.69 bits per heavy atom. The molecule has 1 nitrogen and oxygen atoms in total. The highest BCUT2D eigenvalue weighted by Gasteiger charge is 2.07. The predicted molar refractivity (Wildman–Crippen MR) is 51.8 cm³/mol. The topological polar surface area (TPSA) is 20.2 Å². The SMILES string of the molecule is OC(CCl)Cc1ccc(F)cc1Cl. The summed E-state index contributed by atoms with van der Waals surface area (Å²) in [6, 6.07) is 4.08. The summed E-state index contributed by atoms with van der Waals surface area (Å²) in [5.41, 5.74) is 0.705. The Balaban J connectivity index is 2.77. The summed E-state index contributed by atoms with van der Waals surface area (Å²) in [5.74, 6) is -0.234. The second-order valence-corrected chi connectivity index (χ2v) is 3.46. The molecule has 0 heterocycles. The standard InChI is InChI=1S/C9H9Cl2FO/c10-5-8(13)3-6-1-2-7(12)4-9(6)11/h1-2,4,8,13H,3,5H2. The predicted octanol–water partition coefficient (Wildman–Crippen LogP) is 2.62. The minimum absolute atomic E-state index is 0.147. The lowest BCUT2D eigenvalue weighted by molar-refractivity contribution is 0.198. The summed E-state index contributed by atoms with van der Waals surface area (Å²) < 4.78 is 12.6. The van der Waals surface area contributed by atoms with Gasteiger partial charge in [-0.05, 0) is 17.7 Å². The molecule has 72 valence electrons. The van der Waals surface area contributed by atoms with Gasteiger partial charge in [-0.1, -0.05) is 17.7 Å². The van der Waals surface area contributed by atoms with Gasteiger partial charge in [0.1, 0.15) is 5.82 Å². The van der Waals surface area contributed by atoms with Gasteiger partial charge in [0.05, 0.1) is 6.10 Å². The zero-order valence-corrected chi connectivity index (χ0v) is 8.32. The Labute approximate surface area is 86.1 Å². The van der Waals surface area contributed by atoms with Crippen LogP contribution in [0.1, 0.15) is 5.56 Å². The van der Waals surface area contributed by atoms with Crippen LogP contribution in [0.4, 0.5) is 4.39 Å². The molecule has 0 aliphatic rings. The summed E-state index contributed by atoms with van der Waals surface area (Å²) in [7, 11) is 0. The highest BCUT2D eigenvalue weighted by Crippen LogP contribution is 2.18. The van der Waals surface area contributed by atoms with Crippen molar-refractivity contribution in [1.82, 2.24) is 0 Å². The molecule has 0 saturated carbocycles. The minimum Gasteiger partial charge on any atom is -0.392 e. The van der Waals surface area contributed by atoms with E-state index in [1.54, 1.807) is 6.07 Å². The molecule has 0 bridgehead atoms. The van der Waals surface area contributed by atoms with Gasteiger partial charge in [0.25, 0.3) is 0 Å². The molecule has 1 N–H and O–H groups in total. The molecular formula is C9H9Cl2FO. The average molecular weight is 223 g/mol. The molecule has 0 fully saturated rings. The van der Waals surface area contributed by atoms with Gasteiger partial charge in [-0.3, -0.25) is 0 Å². The van der Waals surface area contributed by atoms with E-state index in [0.29, 0.717) is 17.0 Å². The van der Waals surface area contributed by atoms with Crippen molar-refractivity contribution in [3.05, 3.63) is 34.6 Å². The van der Waals surface area contributed by atoms with Crippen molar-refractivity contribution in [3.63, 3.8) is 0 Å². The molecule has 1 rings (SSSR count). The first-order valence-corrected chi connectivity index (χ1v) is 4.72. The van der Waals surface area contributed by atoms with Crippen LogP contribution in [-0.2, 0) is 6.42 Å². The Morgan fingerprint density at radius 2 is 2.15 bits per heavy atom. The first-order chi connectivity index (χ1) is 6.13. The van der Waals surface area contributed by atoms with Crippen LogP contribution < -0.4 is 0 Å². The van der Waals surface area contributed by atoms with Crippen LogP contribution in [0.3, 0.4) is 0 Å². The van der Waals surface area contributed by atoms with Gasteiger partial charge >= 0.3 is 0 Å². The van der Waals surface area contributed by atoms with E-state index >= 15 is 0 Å². The highest BCUT2D eigenvalue weighted by molar-refractivity contribution is 6.31. The molecular weight excluding hydrogens is 214 g/mol. The van der Waals surface area contributed by atoms with Gasteiger partial charge < -0.3 is 5.11 Å². The smallest absolute Gasteiger partial charge is 0.124 e. The molecule has 0 spiro atoms. The van der Waals surface area contributed by atoms with Gasteiger partial charge in [0, 0.05) is 17.3 Å². The summed E-state index contributed by atoms with van der Waals surface area (Å²) in [6.07, 6.45) is -0.285. The van der Waals surface area contributed by atoms with Crippen molar-refractivity contribution in [2.45, 2.75) is 12.5 Å². The first-order valence-electron chi connectivity index (χ1n) is 3.81. The molecule has 0 aromatic heterocycles. The fraction of sp³-hybridized carbons (Fsp3) is 0.333. The summed E-state index contributed by atoms with van der Waals surface area (Å²) in [6.45, 7) is 0. The average Bonchev–Trinajstić information content (AvgIpc) is 2.09. The Bertz CT molecular complexity index is 291. The summed E-state index contributed by atoms with van der Waals surface area (Å²) in [5, 5.41) is 9.54. The van der Waals surface area contributed by atoms with Crippen molar-refractivity contribution in [2.75, 3.05) is 5.88 Å². The lowest BCUT2D eigenvalue weighted by Gasteiger charge is -2.07. The van der Waals surface area contributed by atoms with Crippen LogP contribution in [0, 0.1) is 5.82 Å². The summed E-state index contributed by atoms with van der Waals surface area (Å²) in [4.78, 5) is 0. The van der Waals surface area contributed by atoms with Crippen LogP contribution in [0.2, 0.25) is 5.02 Å². The van der Waals surface area contributed by atoms with Crippen LogP contribution in [-0.4, -0.2) is 17.1 Å². The number of hydrogen-bond acceptors (Lipinski definition) is 1. The number of hydrogen-bond donors (Lipinski definition) is 1. The molecule has 1 aromatic rings. The van der Waals surface area contributed by atoms with Crippen molar-refractivity contribution >= 4 is 23.2 Å². The van der Waals surface area contributed by atoms with Gasteiger partial charge in [-0.25, -0.2) is 4.39 Å². The quantitative estimate of drug-likeness (QED) is 0.781. The number of halogens is 3. The third-order valence-corrected chi connectivity index (χ3v) is 2.36. The number of alkyl halides is 1. The molecule has 13 heavy (non-hydrogen) atoms. The van der Waals surface area contributed by atoms with Gasteiger partial charge in [0.2, 0.25) is 0 Å². The lowest BCUT2D eigenvalue weighted by Crippen LogP contribution is -2.12. The van der Waals surface area contributed by atoms with Crippen molar-refractivity contribution in [1.29, 1.82) is 0 Å². The summed E-state index contributed by atoms with van der Waals surface area (Å²) >= 11 is 11.2. The van der Waals surface area contributed by atoms with E-state index in [-0.39, 0.29) is 11.7 Å². The zero-order chi connectivity index (χ0) is 9.84. The molecule has 0 amide bonds. The Hall–Kier alpha value is -0.310. The maximum absolute atomic E-state index is 12.6.